The maximum Gasteiger partial charge on any atom is 0.177 e. The van der Waals surface area contributed by atoms with Crippen LogP contribution in [-0.4, -0.2) is 5.16 Å². The first-order valence-electron chi connectivity index (χ1n) is 6.34. The van der Waals surface area contributed by atoms with Gasteiger partial charge in [-0.25, -0.2) is 0 Å². The molecule has 3 nitrogen and oxygen atoms in total. The second-order valence-corrected chi connectivity index (χ2v) is 6.09. The van der Waals surface area contributed by atoms with Crippen LogP contribution in [0.25, 0.3) is 22.5 Å². The fourth-order valence-electron chi connectivity index (χ4n) is 2.29. The number of hydrogen-bond acceptors (Lipinski definition) is 3. The van der Waals surface area contributed by atoms with E-state index in [-0.39, 0.29) is 0 Å². The fraction of sp³-hybridized carbons (Fsp3) is 0.0625. The Morgan fingerprint density at radius 1 is 1.19 bits per heavy atom. The van der Waals surface area contributed by atoms with Gasteiger partial charge in [0.25, 0.3) is 0 Å². The number of hydrogen-bond donors (Lipinski definition) is 1. The lowest BCUT2D eigenvalue weighted by molar-refractivity contribution is 0.436. The molecule has 0 atom stereocenters. The largest absolute Gasteiger partial charge is 0.380 e. The zero-order valence-corrected chi connectivity index (χ0v) is 13.6. The molecule has 0 saturated carbocycles. The molecule has 0 aliphatic heterocycles. The van der Waals surface area contributed by atoms with Gasteiger partial charge in [0.2, 0.25) is 0 Å². The average molecular weight is 364 g/mol. The molecule has 0 aliphatic carbocycles. The van der Waals surface area contributed by atoms with Gasteiger partial charge < -0.3 is 10.3 Å². The van der Waals surface area contributed by atoms with E-state index >= 15 is 0 Å². The third-order valence-electron chi connectivity index (χ3n) is 3.26. The van der Waals surface area contributed by atoms with E-state index in [0.717, 1.165) is 26.7 Å². The van der Waals surface area contributed by atoms with Gasteiger partial charge in [-0.1, -0.05) is 44.8 Å². The predicted molar refractivity (Wildman–Crippen MR) is 89.2 cm³/mol. The summed E-state index contributed by atoms with van der Waals surface area (Å²) < 4.78 is 6.43. The van der Waals surface area contributed by atoms with E-state index in [0.29, 0.717) is 16.6 Å². The van der Waals surface area contributed by atoms with Crippen molar-refractivity contribution >= 4 is 33.3 Å². The summed E-state index contributed by atoms with van der Waals surface area (Å²) >= 11 is 9.48. The van der Waals surface area contributed by atoms with Gasteiger partial charge in [0.15, 0.2) is 11.6 Å². The minimum Gasteiger partial charge on any atom is -0.380 e. The molecule has 0 amide bonds. The van der Waals surface area contributed by atoms with Crippen LogP contribution in [0.15, 0.2) is 51.5 Å². The molecule has 1 heterocycles. The molecular formula is C16H12BrClN2O. The molecule has 0 radical (unpaired) electrons. The summed E-state index contributed by atoms with van der Waals surface area (Å²) in [5, 5.41) is 4.60. The van der Waals surface area contributed by atoms with Crippen LogP contribution in [0.5, 0.6) is 0 Å². The summed E-state index contributed by atoms with van der Waals surface area (Å²) in [7, 11) is 0. The van der Waals surface area contributed by atoms with Crippen molar-refractivity contribution in [3.05, 3.63) is 57.5 Å². The first-order valence-corrected chi connectivity index (χ1v) is 7.51. The summed E-state index contributed by atoms with van der Waals surface area (Å²) in [4.78, 5) is 0. The average Bonchev–Trinajstić information content (AvgIpc) is 2.80. The second-order valence-electron chi connectivity index (χ2n) is 4.74. The number of anilines is 1. The maximum atomic E-state index is 6.01. The molecule has 21 heavy (non-hydrogen) atoms. The Kier molecular flexibility index (Phi) is 3.74. The summed E-state index contributed by atoms with van der Waals surface area (Å²) in [6, 6.07) is 13.5. The quantitative estimate of drug-likeness (QED) is 0.671. The minimum atomic E-state index is 0.373. The molecule has 0 fully saturated rings. The van der Waals surface area contributed by atoms with Crippen LogP contribution >= 0.6 is 27.5 Å². The first-order chi connectivity index (χ1) is 10.1. The Labute approximate surface area is 135 Å². The van der Waals surface area contributed by atoms with Crippen molar-refractivity contribution in [3.63, 3.8) is 0 Å². The van der Waals surface area contributed by atoms with E-state index in [9.17, 15) is 0 Å². The zero-order valence-electron chi connectivity index (χ0n) is 11.2. The minimum absolute atomic E-state index is 0.373. The number of aromatic nitrogens is 1. The van der Waals surface area contributed by atoms with E-state index in [4.69, 9.17) is 21.9 Å². The van der Waals surface area contributed by atoms with Gasteiger partial charge in [-0.15, -0.1) is 0 Å². The number of aryl methyl sites for hydroxylation is 1. The lowest BCUT2D eigenvalue weighted by atomic mass is 9.99. The lowest BCUT2D eigenvalue weighted by Gasteiger charge is -2.06. The Bertz CT molecular complexity index is 814. The van der Waals surface area contributed by atoms with Gasteiger partial charge in [0.1, 0.15) is 0 Å². The highest BCUT2D eigenvalue weighted by Gasteiger charge is 2.19. The molecule has 0 saturated heterocycles. The third kappa shape index (κ3) is 2.69. The number of nitrogen functional groups attached to an aromatic ring is 1. The van der Waals surface area contributed by atoms with Gasteiger partial charge in [0, 0.05) is 15.1 Å². The van der Waals surface area contributed by atoms with Crippen molar-refractivity contribution in [2.24, 2.45) is 0 Å². The van der Waals surface area contributed by atoms with E-state index in [1.165, 1.54) is 0 Å². The molecule has 0 bridgehead atoms. The normalized spacial score (nSPS) is 10.8. The third-order valence-corrected chi connectivity index (χ3v) is 3.99. The topological polar surface area (TPSA) is 52.0 Å². The molecule has 0 unspecified atom stereocenters. The van der Waals surface area contributed by atoms with E-state index in [2.05, 4.69) is 21.1 Å². The molecule has 2 aromatic carbocycles. The van der Waals surface area contributed by atoms with Gasteiger partial charge in [-0.2, -0.15) is 0 Å². The maximum absolute atomic E-state index is 6.01. The Hall–Kier alpha value is -1.78. The predicted octanol–water partition coefficient (Wildman–Crippen LogP) is 5.32. The van der Waals surface area contributed by atoms with Crippen molar-refractivity contribution in [1.82, 2.24) is 5.16 Å². The van der Waals surface area contributed by atoms with Gasteiger partial charge in [0.05, 0.1) is 5.56 Å². The summed E-state index contributed by atoms with van der Waals surface area (Å²) in [6.45, 7) is 1.98. The first kappa shape index (κ1) is 14.2. The number of benzene rings is 2. The number of nitrogens with two attached hydrogens (primary N) is 1. The molecule has 1 aromatic heterocycles. The molecule has 2 N–H and O–H groups in total. The molecule has 5 heteroatoms. The monoisotopic (exact) mass is 362 g/mol. The molecule has 0 aliphatic rings. The standard InChI is InChI=1S/C16H12BrClN2O/c1-9-7-12(18)5-6-13(9)15-14(16(19)20-21-15)10-3-2-4-11(17)8-10/h2-8H,1H3,(H2,19,20). The highest BCUT2D eigenvalue weighted by Crippen LogP contribution is 2.39. The second kappa shape index (κ2) is 5.54. The summed E-state index contributed by atoms with van der Waals surface area (Å²) in [5.41, 5.74) is 9.68. The lowest BCUT2D eigenvalue weighted by Crippen LogP contribution is -1.90. The van der Waals surface area contributed by atoms with Crippen LogP contribution in [0, 0.1) is 6.92 Å². The Morgan fingerprint density at radius 2 is 2.00 bits per heavy atom. The number of rotatable bonds is 2. The van der Waals surface area contributed by atoms with E-state index in [1.54, 1.807) is 0 Å². The molecular weight excluding hydrogens is 352 g/mol. The smallest absolute Gasteiger partial charge is 0.177 e. The van der Waals surface area contributed by atoms with E-state index < -0.39 is 0 Å². The van der Waals surface area contributed by atoms with Crippen LogP contribution < -0.4 is 5.73 Å². The van der Waals surface area contributed by atoms with Gasteiger partial charge >= 0.3 is 0 Å². The van der Waals surface area contributed by atoms with Crippen LogP contribution in [0.4, 0.5) is 5.82 Å². The summed E-state index contributed by atoms with van der Waals surface area (Å²) in [6.07, 6.45) is 0. The molecule has 3 rings (SSSR count). The van der Waals surface area contributed by atoms with Crippen molar-refractivity contribution in [2.45, 2.75) is 6.92 Å². The molecule has 3 aromatic rings. The van der Waals surface area contributed by atoms with Crippen molar-refractivity contribution in [1.29, 1.82) is 0 Å². The highest BCUT2D eigenvalue weighted by molar-refractivity contribution is 9.10. The number of halogens is 2. The Morgan fingerprint density at radius 3 is 2.71 bits per heavy atom. The van der Waals surface area contributed by atoms with Crippen LogP contribution in [0.1, 0.15) is 5.56 Å². The van der Waals surface area contributed by atoms with Crippen molar-refractivity contribution in [3.8, 4) is 22.5 Å². The molecule has 0 spiro atoms. The highest BCUT2D eigenvalue weighted by atomic mass is 79.9. The zero-order chi connectivity index (χ0) is 15.0. The Balaban J connectivity index is 2.22. The van der Waals surface area contributed by atoms with Crippen molar-refractivity contribution < 1.29 is 4.52 Å². The van der Waals surface area contributed by atoms with Gasteiger partial charge in [-0.05, 0) is 48.4 Å². The van der Waals surface area contributed by atoms with Gasteiger partial charge in [-0.3, -0.25) is 0 Å². The van der Waals surface area contributed by atoms with E-state index in [1.807, 2.05) is 49.4 Å². The SMILES string of the molecule is Cc1cc(Cl)ccc1-c1onc(N)c1-c1cccc(Br)c1. The van der Waals surface area contributed by atoms with Crippen LogP contribution in [0.3, 0.4) is 0 Å². The fourth-order valence-corrected chi connectivity index (χ4v) is 2.92. The van der Waals surface area contributed by atoms with Crippen LogP contribution in [0.2, 0.25) is 5.02 Å². The number of nitrogens with zero attached hydrogens (tertiary/aromatic N) is 1. The summed E-state index contributed by atoms with van der Waals surface area (Å²) in [5.74, 6) is 1.03. The molecule has 106 valence electrons. The van der Waals surface area contributed by atoms with Crippen molar-refractivity contribution in [2.75, 3.05) is 5.73 Å². The van der Waals surface area contributed by atoms with Crippen LogP contribution in [-0.2, 0) is 0 Å².